The summed E-state index contributed by atoms with van der Waals surface area (Å²) >= 11 is 0. The number of nitriles is 1. The van der Waals surface area contributed by atoms with Gasteiger partial charge in [0.15, 0.2) is 5.58 Å². The Bertz CT molecular complexity index is 1060. The summed E-state index contributed by atoms with van der Waals surface area (Å²) in [6.45, 7) is 0. The molecule has 0 aliphatic carbocycles. The van der Waals surface area contributed by atoms with Gasteiger partial charge in [-0.25, -0.2) is 9.97 Å². The predicted octanol–water partition coefficient (Wildman–Crippen LogP) is 3.60. The monoisotopic (exact) mass is 327 g/mol. The van der Waals surface area contributed by atoms with E-state index in [2.05, 4.69) is 21.0 Å². The molecule has 1 aromatic carbocycles. The number of hydrogen-bond donors (Lipinski definition) is 1. The van der Waals surface area contributed by atoms with E-state index in [1.165, 1.54) is 0 Å². The first-order valence-corrected chi connectivity index (χ1v) is 7.67. The molecule has 0 unspecified atom stereocenters. The fourth-order valence-electron chi connectivity index (χ4n) is 2.61. The van der Waals surface area contributed by atoms with Gasteiger partial charge in [0.05, 0.1) is 24.3 Å². The van der Waals surface area contributed by atoms with Crippen LogP contribution in [-0.2, 0) is 6.42 Å². The van der Waals surface area contributed by atoms with E-state index < -0.39 is 0 Å². The van der Waals surface area contributed by atoms with Crippen molar-refractivity contribution in [1.82, 2.24) is 15.0 Å². The average Bonchev–Trinajstić information content (AvgIpc) is 3.07. The van der Waals surface area contributed by atoms with E-state index in [1.54, 1.807) is 24.7 Å². The molecule has 2 N–H and O–H groups in total. The van der Waals surface area contributed by atoms with Gasteiger partial charge < -0.3 is 10.2 Å². The molecule has 0 aliphatic heterocycles. The van der Waals surface area contributed by atoms with Crippen LogP contribution in [0, 0.1) is 11.3 Å². The molecular formula is C19H13N5O. The van der Waals surface area contributed by atoms with Crippen LogP contribution in [0.15, 0.2) is 59.4 Å². The highest BCUT2D eigenvalue weighted by Crippen LogP contribution is 2.31. The van der Waals surface area contributed by atoms with Crippen LogP contribution in [0.4, 0.5) is 5.82 Å². The highest BCUT2D eigenvalue weighted by molar-refractivity contribution is 5.80. The quantitative estimate of drug-likeness (QED) is 0.617. The van der Waals surface area contributed by atoms with Crippen molar-refractivity contribution in [2.24, 2.45) is 0 Å². The first-order valence-electron chi connectivity index (χ1n) is 7.67. The maximum absolute atomic E-state index is 8.76. The van der Waals surface area contributed by atoms with Gasteiger partial charge >= 0.3 is 0 Å². The van der Waals surface area contributed by atoms with Gasteiger partial charge in [0, 0.05) is 24.0 Å². The molecule has 3 heterocycles. The number of nitrogens with two attached hydrogens (primary N) is 1. The first kappa shape index (κ1) is 14.8. The molecule has 6 heteroatoms. The molecule has 0 saturated heterocycles. The van der Waals surface area contributed by atoms with Crippen LogP contribution in [-0.4, -0.2) is 15.0 Å². The lowest BCUT2D eigenvalue weighted by molar-refractivity contribution is 0.619. The average molecular weight is 327 g/mol. The fourth-order valence-corrected chi connectivity index (χ4v) is 2.61. The minimum Gasteiger partial charge on any atom is -0.436 e. The SMILES string of the molecule is N#CCc1ccc(-c2cnc(N)c(-c3nc4cnccc4o3)c2)cc1. The van der Waals surface area contributed by atoms with Gasteiger partial charge in [0.2, 0.25) is 5.89 Å². The standard InChI is InChI=1S/C19H13N5O/c20-7-5-12-1-3-13(4-2-12)14-9-15(18(21)23-10-14)19-24-16-11-22-8-6-17(16)25-19/h1-4,6,8-11H,5H2,(H2,21,23). The van der Waals surface area contributed by atoms with Crippen LogP contribution in [0.25, 0.3) is 33.7 Å². The summed E-state index contributed by atoms with van der Waals surface area (Å²) in [5.74, 6) is 0.764. The zero-order valence-corrected chi connectivity index (χ0v) is 13.2. The number of nitrogens with zero attached hydrogens (tertiary/aromatic N) is 4. The fraction of sp³-hybridized carbons (Fsp3) is 0.0526. The molecule has 0 saturated carbocycles. The van der Waals surface area contributed by atoms with E-state index >= 15 is 0 Å². The molecule has 0 fully saturated rings. The molecular weight excluding hydrogens is 314 g/mol. The maximum Gasteiger partial charge on any atom is 0.231 e. The molecule has 25 heavy (non-hydrogen) atoms. The predicted molar refractivity (Wildman–Crippen MR) is 94.2 cm³/mol. The lowest BCUT2D eigenvalue weighted by Crippen LogP contribution is -1.95. The Morgan fingerprint density at radius 3 is 2.68 bits per heavy atom. The van der Waals surface area contributed by atoms with Crippen molar-refractivity contribution in [2.45, 2.75) is 6.42 Å². The zero-order chi connectivity index (χ0) is 17.2. The third-order valence-corrected chi connectivity index (χ3v) is 3.91. The Morgan fingerprint density at radius 2 is 1.92 bits per heavy atom. The third-order valence-electron chi connectivity index (χ3n) is 3.91. The Labute approximate surface area is 143 Å². The summed E-state index contributed by atoms with van der Waals surface area (Å²) in [6.07, 6.45) is 5.40. The Kier molecular flexibility index (Phi) is 3.60. The molecule has 120 valence electrons. The normalized spacial score (nSPS) is 10.7. The summed E-state index contributed by atoms with van der Waals surface area (Å²) in [7, 11) is 0. The third kappa shape index (κ3) is 2.79. The van der Waals surface area contributed by atoms with Gasteiger partial charge in [-0.3, -0.25) is 4.98 Å². The molecule has 0 amide bonds. The summed E-state index contributed by atoms with van der Waals surface area (Å²) < 4.78 is 5.77. The highest BCUT2D eigenvalue weighted by Gasteiger charge is 2.13. The number of anilines is 1. The molecule has 0 atom stereocenters. The van der Waals surface area contributed by atoms with Crippen LogP contribution in [0.1, 0.15) is 5.56 Å². The number of pyridine rings is 2. The highest BCUT2D eigenvalue weighted by atomic mass is 16.3. The van der Waals surface area contributed by atoms with E-state index in [0.717, 1.165) is 16.7 Å². The Balaban J connectivity index is 1.77. The van der Waals surface area contributed by atoms with Crippen molar-refractivity contribution in [3.63, 3.8) is 0 Å². The number of rotatable bonds is 3. The maximum atomic E-state index is 8.76. The number of nitrogen functional groups attached to an aromatic ring is 1. The van der Waals surface area contributed by atoms with E-state index in [-0.39, 0.29) is 0 Å². The first-order chi connectivity index (χ1) is 12.2. The largest absolute Gasteiger partial charge is 0.436 e. The lowest BCUT2D eigenvalue weighted by atomic mass is 10.0. The molecule has 6 nitrogen and oxygen atoms in total. The Hall–Kier alpha value is -3.72. The summed E-state index contributed by atoms with van der Waals surface area (Å²) in [6, 6.07) is 13.6. The molecule has 0 bridgehead atoms. The van der Waals surface area contributed by atoms with Crippen molar-refractivity contribution in [2.75, 3.05) is 5.73 Å². The minimum absolute atomic E-state index is 0.351. The molecule has 0 spiro atoms. The van der Waals surface area contributed by atoms with Crippen LogP contribution in [0.2, 0.25) is 0 Å². The molecule has 0 aliphatic rings. The molecule has 4 aromatic rings. The van der Waals surface area contributed by atoms with Crippen LogP contribution < -0.4 is 5.73 Å². The van der Waals surface area contributed by atoms with Crippen molar-refractivity contribution in [3.05, 3.63) is 60.6 Å². The summed E-state index contributed by atoms with van der Waals surface area (Å²) in [5, 5.41) is 8.76. The second-order valence-corrected chi connectivity index (χ2v) is 5.55. The van der Waals surface area contributed by atoms with E-state index in [0.29, 0.717) is 34.8 Å². The van der Waals surface area contributed by atoms with Gasteiger partial charge in [-0.15, -0.1) is 0 Å². The van der Waals surface area contributed by atoms with Crippen molar-refractivity contribution >= 4 is 16.9 Å². The molecule has 3 aromatic heterocycles. The van der Waals surface area contributed by atoms with E-state index in [9.17, 15) is 0 Å². The second-order valence-electron chi connectivity index (χ2n) is 5.55. The van der Waals surface area contributed by atoms with Crippen molar-refractivity contribution < 1.29 is 4.42 Å². The lowest BCUT2D eigenvalue weighted by Gasteiger charge is -2.06. The van der Waals surface area contributed by atoms with Gasteiger partial charge in [-0.05, 0) is 17.2 Å². The summed E-state index contributed by atoms with van der Waals surface area (Å²) in [5.41, 5.74) is 10.8. The smallest absolute Gasteiger partial charge is 0.231 e. The van der Waals surface area contributed by atoms with Gasteiger partial charge in [0.1, 0.15) is 11.3 Å². The molecule has 4 rings (SSSR count). The van der Waals surface area contributed by atoms with Gasteiger partial charge in [-0.1, -0.05) is 24.3 Å². The number of hydrogen-bond acceptors (Lipinski definition) is 6. The topological polar surface area (TPSA) is 102 Å². The van der Waals surface area contributed by atoms with Crippen LogP contribution in [0.5, 0.6) is 0 Å². The number of benzene rings is 1. The number of fused-ring (bicyclic) bond motifs is 1. The Morgan fingerprint density at radius 1 is 1.08 bits per heavy atom. The second kappa shape index (κ2) is 6.06. The van der Waals surface area contributed by atoms with Crippen LogP contribution >= 0.6 is 0 Å². The minimum atomic E-state index is 0.351. The van der Waals surface area contributed by atoms with Gasteiger partial charge in [0.25, 0.3) is 0 Å². The molecule has 0 radical (unpaired) electrons. The summed E-state index contributed by atoms with van der Waals surface area (Å²) in [4.78, 5) is 12.7. The zero-order valence-electron chi connectivity index (χ0n) is 13.2. The van der Waals surface area contributed by atoms with E-state index in [4.69, 9.17) is 15.4 Å². The van der Waals surface area contributed by atoms with Crippen LogP contribution in [0.3, 0.4) is 0 Å². The number of oxazole rings is 1. The number of aromatic nitrogens is 3. The van der Waals surface area contributed by atoms with Crippen molar-refractivity contribution in [3.8, 4) is 28.7 Å². The van der Waals surface area contributed by atoms with E-state index in [1.807, 2.05) is 30.3 Å². The van der Waals surface area contributed by atoms with Gasteiger partial charge in [-0.2, -0.15) is 5.26 Å². The van der Waals surface area contributed by atoms with Crippen molar-refractivity contribution in [1.29, 1.82) is 5.26 Å².